The number of nitrogens with zero attached hydrogens (tertiary/aromatic N) is 1. The Kier molecular flexibility index (Phi) is 3.25. The average molecular weight is 265 g/mol. The summed E-state index contributed by atoms with van der Waals surface area (Å²) in [5, 5.41) is 1.12. The molecule has 100 valence electrons. The molecule has 1 heterocycles. The number of hydrogen-bond donors (Lipinski definition) is 0. The van der Waals surface area contributed by atoms with E-state index >= 15 is 0 Å². The highest BCUT2D eigenvalue weighted by atomic mass is 16.5. The first-order chi connectivity index (χ1) is 9.79. The van der Waals surface area contributed by atoms with Gasteiger partial charge in [0.15, 0.2) is 0 Å². The first-order valence-corrected chi connectivity index (χ1v) is 6.50. The molecule has 3 heteroatoms. The van der Waals surface area contributed by atoms with E-state index in [4.69, 9.17) is 4.74 Å². The average Bonchev–Trinajstić information content (AvgIpc) is 2.87. The summed E-state index contributed by atoms with van der Waals surface area (Å²) in [6.07, 6.45) is 0. The van der Waals surface area contributed by atoms with Crippen LogP contribution in [-0.2, 0) is 16.1 Å². The number of rotatable bonds is 3. The maximum atomic E-state index is 11.7. The molecule has 0 bridgehead atoms. The van der Waals surface area contributed by atoms with Crippen LogP contribution < -0.4 is 0 Å². The number of fused-ring (bicyclic) bond motifs is 1. The number of carbonyl (C=O) groups is 1. The third kappa shape index (κ3) is 2.18. The third-order valence-corrected chi connectivity index (χ3v) is 3.40. The predicted octanol–water partition coefficient (Wildman–Crippen LogP) is 3.48. The van der Waals surface area contributed by atoms with Gasteiger partial charge >= 0.3 is 5.97 Å². The van der Waals surface area contributed by atoms with E-state index in [1.54, 1.807) is 0 Å². The van der Waals surface area contributed by atoms with Crippen LogP contribution in [0.25, 0.3) is 22.2 Å². The van der Waals surface area contributed by atoms with Crippen LogP contribution in [0, 0.1) is 0 Å². The minimum absolute atomic E-state index is 0.217. The molecule has 0 N–H and O–H groups in total. The maximum absolute atomic E-state index is 11.7. The molecule has 0 amide bonds. The first-order valence-electron chi connectivity index (χ1n) is 6.50. The lowest BCUT2D eigenvalue weighted by Crippen LogP contribution is -2.12. The van der Waals surface area contributed by atoms with E-state index in [0.717, 1.165) is 22.2 Å². The second kappa shape index (κ2) is 5.21. The highest BCUT2D eigenvalue weighted by Gasteiger charge is 2.13. The Morgan fingerprint density at radius 1 is 1.05 bits per heavy atom. The van der Waals surface area contributed by atoms with Gasteiger partial charge < -0.3 is 9.30 Å². The normalized spacial score (nSPS) is 10.7. The number of esters is 1. The summed E-state index contributed by atoms with van der Waals surface area (Å²) < 4.78 is 6.80. The van der Waals surface area contributed by atoms with Crippen molar-refractivity contribution in [2.75, 3.05) is 7.11 Å². The minimum Gasteiger partial charge on any atom is -0.468 e. The number of benzene rings is 2. The van der Waals surface area contributed by atoms with Crippen molar-refractivity contribution in [2.45, 2.75) is 6.54 Å². The third-order valence-electron chi connectivity index (χ3n) is 3.40. The molecule has 0 fully saturated rings. The van der Waals surface area contributed by atoms with Crippen LogP contribution in [-0.4, -0.2) is 17.6 Å². The van der Waals surface area contributed by atoms with Crippen LogP contribution in [0.5, 0.6) is 0 Å². The molecule has 0 aliphatic carbocycles. The Hall–Kier alpha value is -2.55. The lowest BCUT2D eigenvalue weighted by Gasteiger charge is -2.09. The second-order valence-electron chi connectivity index (χ2n) is 4.62. The van der Waals surface area contributed by atoms with Crippen molar-refractivity contribution in [1.29, 1.82) is 0 Å². The van der Waals surface area contributed by atoms with Gasteiger partial charge in [-0.25, -0.2) is 0 Å². The lowest BCUT2D eigenvalue weighted by molar-refractivity contribution is -0.141. The zero-order valence-electron chi connectivity index (χ0n) is 11.2. The Bertz CT molecular complexity index is 744. The Balaban J connectivity index is 2.20. The Morgan fingerprint density at radius 3 is 2.50 bits per heavy atom. The van der Waals surface area contributed by atoms with Crippen LogP contribution in [0.4, 0.5) is 0 Å². The highest BCUT2D eigenvalue weighted by Crippen LogP contribution is 2.28. The summed E-state index contributed by atoms with van der Waals surface area (Å²) in [5.41, 5.74) is 3.15. The monoisotopic (exact) mass is 265 g/mol. The molecule has 0 unspecified atom stereocenters. The summed E-state index contributed by atoms with van der Waals surface area (Å²) in [4.78, 5) is 11.7. The summed E-state index contributed by atoms with van der Waals surface area (Å²) in [5.74, 6) is -0.247. The molecule has 0 saturated heterocycles. The SMILES string of the molecule is COC(=O)Cn1c(-c2ccccc2)cc2ccccc21. The summed E-state index contributed by atoms with van der Waals surface area (Å²) in [7, 11) is 1.41. The molecule has 3 rings (SSSR count). The van der Waals surface area contributed by atoms with Crippen LogP contribution >= 0.6 is 0 Å². The van der Waals surface area contributed by atoms with Gasteiger partial charge in [0.25, 0.3) is 0 Å². The molecule has 0 aliphatic rings. The van der Waals surface area contributed by atoms with E-state index in [2.05, 4.69) is 12.1 Å². The molecular formula is C17H15NO2. The zero-order valence-corrected chi connectivity index (χ0v) is 11.2. The van der Waals surface area contributed by atoms with Crippen LogP contribution in [0.3, 0.4) is 0 Å². The van der Waals surface area contributed by atoms with E-state index in [9.17, 15) is 4.79 Å². The van der Waals surface area contributed by atoms with E-state index < -0.39 is 0 Å². The number of methoxy groups -OCH3 is 1. The summed E-state index contributed by atoms with van der Waals surface area (Å²) >= 11 is 0. The fourth-order valence-corrected chi connectivity index (χ4v) is 2.42. The van der Waals surface area contributed by atoms with Crippen LogP contribution in [0.2, 0.25) is 0 Å². The van der Waals surface area contributed by atoms with Gasteiger partial charge in [0.2, 0.25) is 0 Å². The molecule has 20 heavy (non-hydrogen) atoms. The molecule has 0 saturated carbocycles. The molecule has 3 aromatic rings. The second-order valence-corrected chi connectivity index (χ2v) is 4.62. The summed E-state index contributed by atoms with van der Waals surface area (Å²) in [6, 6.07) is 20.2. The molecule has 3 nitrogen and oxygen atoms in total. The number of para-hydroxylation sites is 1. The maximum Gasteiger partial charge on any atom is 0.325 e. The standard InChI is InChI=1S/C17H15NO2/c1-20-17(19)12-18-15-10-6-5-9-14(15)11-16(18)13-7-3-2-4-8-13/h2-11H,12H2,1H3. The Labute approximate surface area is 117 Å². The molecule has 0 spiro atoms. The Morgan fingerprint density at radius 2 is 1.75 bits per heavy atom. The van der Waals surface area contributed by atoms with Gasteiger partial charge in [-0.3, -0.25) is 4.79 Å². The lowest BCUT2D eigenvalue weighted by atomic mass is 10.1. The van der Waals surface area contributed by atoms with Gasteiger partial charge in [-0.2, -0.15) is 0 Å². The van der Waals surface area contributed by atoms with Crippen molar-refractivity contribution in [1.82, 2.24) is 4.57 Å². The van der Waals surface area contributed by atoms with Crippen molar-refractivity contribution >= 4 is 16.9 Å². The van der Waals surface area contributed by atoms with E-state index in [-0.39, 0.29) is 12.5 Å². The number of aromatic nitrogens is 1. The van der Waals surface area contributed by atoms with E-state index in [1.807, 2.05) is 53.1 Å². The van der Waals surface area contributed by atoms with Crippen LogP contribution in [0.1, 0.15) is 0 Å². The predicted molar refractivity (Wildman–Crippen MR) is 79.4 cm³/mol. The molecule has 1 aromatic heterocycles. The van der Waals surface area contributed by atoms with Crippen molar-refractivity contribution in [3.05, 3.63) is 60.7 Å². The van der Waals surface area contributed by atoms with Gasteiger partial charge in [-0.15, -0.1) is 0 Å². The topological polar surface area (TPSA) is 31.2 Å². The highest BCUT2D eigenvalue weighted by molar-refractivity contribution is 5.88. The largest absolute Gasteiger partial charge is 0.468 e. The smallest absolute Gasteiger partial charge is 0.325 e. The van der Waals surface area contributed by atoms with Gasteiger partial charge in [-0.05, 0) is 17.7 Å². The molecule has 0 radical (unpaired) electrons. The van der Waals surface area contributed by atoms with Crippen LogP contribution in [0.15, 0.2) is 60.7 Å². The minimum atomic E-state index is -0.247. The molecule has 0 aliphatic heterocycles. The number of carbonyl (C=O) groups excluding carboxylic acids is 1. The quantitative estimate of drug-likeness (QED) is 0.679. The number of ether oxygens (including phenoxy) is 1. The fourth-order valence-electron chi connectivity index (χ4n) is 2.42. The fraction of sp³-hybridized carbons (Fsp3) is 0.118. The van der Waals surface area contributed by atoms with E-state index in [0.29, 0.717) is 0 Å². The van der Waals surface area contributed by atoms with Crippen molar-refractivity contribution < 1.29 is 9.53 Å². The zero-order chi connectivity index (χ0) is 13.9. The molecular weight excluding hydrogens is 250 g/mol. The molecule has 0 atom stereocenters. The van der Waals surface area contributed by atoms with Gasteiger partial charge in [-0.1, -0.05) is 48.5 Å². The van der Waals surface area contributed by atoms with Crippen molar-refractivity contribution in [2.24, 2.45) is 0 Å². The van der Waals surface area contributed by atoms with Gasteiger partial charge in [0, 0.05) is 16.6 Å². The first kappa shape index (κ1) is 12.5. The van der Waals surface area contributed by atoms with Gasteiger partial charge in [0.05, 0.1) is 7.11 Å². The summed E-state index contributed by atoms with van der Waals surface area (Å²) in [6.45, 7) is 0.217. The van der Waals surface area contributed by atoms with Crippen molar-refractivity contribution in [3.63, 3.8) is 0 Å². The van der Waals surface area contributed by atoms with Gasteiger partial charge in [0.1, 0.15) is 6.54 Å². The number of hydrogen-bond acceptors (Lipinski definition) is 2. The van der Waals surface area contributed by atoms with E-state index in [1.165, 1.54) is 7.11 Å². The molecule has 2 aromatic carbocycles. The van der Waals surface area contributed by atoms with Crippen molar-refractivity contribution in [3.8, 4) is 11.3 Å².